The summed E-state index contributed by atoms with van der Waals surface area (Å²) >= 11 is 0. The van der Waals surface area contributed by atoms with Crippen LogP contribution in [0.1, 0.15) is 65.1 Å². The molecule has 1 aliphatic carbocycles. The molecule has 0 bridgehead atoms. The van der Waals surface area contributed by atoms with Gasteiger partial charge in [-0.15, -0.1) is 0 Å². The van der Waals surface area contributed by atoms with Crippen LogP contribution in [0.25, 0.3) is 0 Å². The van der Waals surface area contributed by atoms with Gasteiger partial charge in [0.15, 0.2) is 0 Å². The molecular formula is C19H36N6. The van der Waals surface area contributed by atoms with Gasteiger partial charge < -0.3 is 21.7 Å². The van der Waals surface area contributed by atoms with Crippen molar-refractivity contribution in [3.8, 4) is 0 Å². The third kappa shape index (κ3) is 3.90. The minimum atomic E-state index is 0.110. The zero-order valence-corrected chi connectivity index (χ0v) is 16.5. The minimum Gasteiger partial charge on any atom is -0.382 e. The van der Waals surface area contributed by atoms with Crippen LogP contribution in [0.4, 0.5) is 11.6 Å². The van der Waals surface area contributed by atoms with E-state index < -0.39 is 0 Å². The molecule has 0 radical (unpaired) electrons. The van der Waals surface area contributed by atoms with Crippen molar-refractivity contribution >= 4 is 11.6 Å². The molecule has 1 aromatic rings. The largest absolute Gasteiger partial charge is 0.382 e. The van der Waals surface area contributed by atoms with E-state index in [1.165, 1.54) is 12.8 Å². The molecule has 1 aromatic heterocycles. The summed E-state index contributed by atoms with van der Waals surface area (Å²) in [5.41, 5.74) is 13.8. The van der Waals surface area contributed by atoms with Gasteiger partial charge in [0, 0.05) is 19.1 Å². The highest BCUT2D eigenvalue weighted by Crippen LogP contribution is 2.48. The van der Waals surface area contributed by atoms with E-state index >= 15 is 0 Å². The Labute approximate surface area is 152 Å². The van der Waals surface area contributed by atoms with Crippen LogP contribution in [0.3, 0.4) is 0 Å². The number of piperidine rings is 1. The summed E-state index contributed by atoms with van der Waals surface area (Å²) in [6.07, 6.45) is 6.69. The van der Waals surface area contributed by atoms with E-state index in [2.05, 4.69) is 27.1 Å². The lowest BCUT2D eigenvalue weighted by atomic mass is 9.73. The van der Waals surface area contributed by atoms with Crippen molar-refractivity contribution in [2.24, 2.45) is 17.1 Å². The number of hydrogen-bond donors (Lipinski definition) is 3. The molecule has 6 nitrogen and oxygen atoms in total. The van der Waals surface area contributed by atoms with Crippen molar-refractivity contribution < 1.29 is 0 Å². The lowest BCUT2D eigenvalue weighted by Crippen LogP contribution is -2.48. The summed E-state index contributed by atoms with van der Waals surface area (Å²) in [4.78, 5) is 11.4. The first-order valence-corrected chi connectivity index (χ1v) is 9.77. The van der Waals surface area contributed by atoms with Crippen LogP contribution < -0.4 is 21.7 Å². The average Bonchev–Trinajstić information content (AvgIpc) is 2.92. The Balaban J connectivity index is 0.00000109. The highest BCUT2D eigenvalue weighted by molar-refractivity contribution is 5.46. The van der Waals surface area contributed by atoms with E-state index in [1.54, 1.807) is 0 Å². The topological polar surface area (TPSA) is 93.1 Å². The zero-order chi connectivity index (χ0) is 18.6. The van der Waals surface area contributed by atoms with Crippen molar-refractivity contribution in [1.82, 2.24) is 15.3 Å². The molecule has 142 valence electrons. The van der Waals surface area contributed by atoms with Crippen LogP contribution in [0.2, 0.25) is 0 Å². The Morgan fingerprint density at radius 3 is 2.40 bits per heavy atom. The number of aromatic nitrogens is 2. The van der Waals surface area contributed by atoms with Crippen molar-refractivity contribution in [2.45, 2.75) is 65.5 Å². The summed E-state index contributed by atoms with van der Waals surface area (Å²) in [7, 11) is 1.90. The van der Waals surface area contributed by atoms with Gasteiger partial charge in [0.1, 0.15) is 11.6 Å². The number of nitrogen functional groups attached to an aromatic ring is 1. The molecule has 5 N–H and O–H groups in total. The van der Waals surface area contributed by atoms with Crippen molar-refractivity contribution in [1.29, 1.82) is 0 Å². The van der Waals surface area contributed by atoms with E-state index in [4.69, 9.17) is 11.5 Å². The van der Waals surface area contributed by atoms with Crippen LogP contribution in [-0.2, 0) is 0 Å². The molecule has 1 saturated carbocycles. The third-order valence-electron chi connectivity index (χ3n) is 6.16. The third-order valence-corrected chi connectivity index (χ3v) is 6.16. The van der Waals surface area contributed by atoms with E-state index in [-0.39, 0.29) is 6.04 Å². The molecule has 1 aliphatic heterocycles. The standard InChI is InChI=1S/C17H30N6.C2H6/c1-11-4-5-17(15(11)18)6-8-23(9-7-17)13-10-21-14(12(2)20-3)16(19)22-13;1-2/h10-12,15,20H,4-9,18H2,1-3H3,(H2,19,22);1-2H3. The Morgan fingerprint density at radius 1 is 1.28 bits per heavy atom. The van der Waals surface area contributed by atoms with Gasteiger partial charge in [0.25, 0.3) is 0 Å². The molecule has 0 aromatic carbocycles. The van der Waals surface area contributed by atoms with E-state index in [1.807, 2.05) is 34.0 Å². The van der Waals surface area contributed by atoms with Gasteiger partial charge in [-0.25, -0.2) is 4.98 Å². The summed E-state index contributed by atoms with van der Waals surface area (Å²) in [5, 5.41) is 3.15. The fourth-order valence-electron chi connectivity index (χ4n) is 4.26. The minimum absolute atomic E-state index is 0.110. The highest BCUT2D eigenvalue weighted by Gasteiger charge is 2.46. The molecule has 1 spiro atoms. The molecule has 2 aliphatic rings. The van der Waals surface area contributed by atoms with Gasteiger partial charge in [-0.05, 0) is 51.0 Å². The maximum atomic E-state index is 6.49. The molecule has 3 unspecified atom stereocenters. The van der Waals surface area contributed by atoms with E-state index in [0.29, 0.717) is 23.2 Å². The van der Waals surface area contributed by atoms with E-state index in [0.717, 1.165) is 37.4 Å². The Morgan fingerprint density at radius 2 is 1.92 bits per heavy atom. The molecule has 0 amide bonds. The summed E-state index contributed by atoms with van der Waals surface area (Å²) in [5.74, 6) is 2.07. The molecule has 2 heterocycles. The van der Waals surface area contributed by atoms with Gasteiger partial charge in [-0.3, -0.25) is 4.98 Å². The van der Waals surface area contributed by atoms with Crippen LogP contribution in [0, 0.1) is 11.3 Å². The van der Waals surface area contributed by atoms with Gasteiger partial charge in [0.05, 0.1) is 17.9 Å². The lowest BCUT2D eigenvalue weighted by Gasteiger charge is -2.43. The normalized spacial score (nSPS) is 26.2. The van der Waals surface area contributed by atoms with Gasteiger partial charge in [-0.1, -0.05) is 20.8 Å². The van der Waals surface area contributed by atoms with Crippen molar-refractivity contribution in [3.63, 3.8) is 0 Å². The Bertz CT molecular complexity index is 553. The maximum Gasteiger partial charge on any atom is 0.149 e. The fourth-order valence-corrected chi connectivity index (χ4v) is 4.26. The van der Waals surface area contributed by atoms with Crippen LogP contribution in [0.5, 0.6) is 0 Å². The molecule has 6 heteroatoms. The lowest BCUT2D eigenvalue weighted by molar-refractivity contribution is 0.186. The predicted octanol–water partition coefficient (Wildman–Crippen LogP) is 2.71. The quantitative estimate of drug-likeness (QED) is 0.778. The van der Waals surface area contributed by atoms with Gasteiger partial charge in [-0.2, -0.15) is 0 Å². The second-order valence-electron chi connectivity index (χ2n) is 7.40. The molecule has 25 heavy (non-hydrogen) atoms. The average molecular weight is 349 g/mol. The second kappa shape index (κ2) is 8.32. The smallest absolute Gasteiger partial charge is 0.149 e. The first kappa shape index (κ1) is 19.9. The Hall–Kier alpha value is -1.40. The summed E-state index contributed by atoms with van der Waals surface area (Å²) in [6.45, 7) is 10.3. The number of nitrogens with two attached hydrogens (primary N) is 2. The number of nitrogens with zero attached hydrogens (tertiary/aromatic N) is 3. The van der Waals surface area contributed by atoms with Crippen LogP contribution in [-0.4, -0.2) is 36.1 Å². The maximum absolute atomic E-state index is 6.49. The molecule has 1 saturated heterocycles. The van der Waals surface area contributed by atoms with Crippen molar-refractivity contribution in [3.05, 3.63) is 11.9 Å². The zero-order valence-electron chi connectivity index (χ0n) is 16.5. The first-order chi connectivity index (χ1) is 12.0. The van der Waals surface area contributed by atoms with Gasteiger partial charge in [0.2, 0.25) is 0 Å². The van der Waals surface area contributed by atoms with Crippen molar-refractivity contribution in [2.75, 3.05) is 30.8 Å². The SMILES string of the molecule is CC.CNC(C)c1ncc(N2CCC3(CCC(C)C3N)CC2)nc1N. The highest BCUT2D eigenvalue weighted by atomic mass is 15.2. The number of rotatable bonds is 3. The Kier molecular flexibility index (Phi) is 6.63. The molecule has 3 rings (SSSR count). The summed E-state index contributed by atoms with van der Waals surface area (Å²) < 4.78 is 0. The summed E-state index contributed by atoms with van der Waals surface area (Å²) in [6, 6.07) is 0.457. The first-order valence-electron chi connectivity index (χ1n) is 9.77. The number of nitrogens with one attached hydrogen (secondary N) is 1. The monoisotopic (exact) mass is 348 g/mol. The van der Waals surface area contributed by atoms with E-state index in [9.17, 15) is 0 Å². The van der Waals surface area contributed by atoms with Crippen LogP contribution in [0.15, 0.2) is 6.20 Å². The molecular weight excluding hydrogens is 312 g/mol. The molecule has 2 fully saturated rings. The van der Waals surface area contributed by atoms with Crippen LogP contribution >= 0.6 is 0 Å². The predicted molar refractivity (Wildman–Crippen MR) is 106 cm³/mol. The fraction of sp³-hybridized carbons (Fsp3) is 0.789. The molecule has 3 atom stereocenters. The number of hydrogen-bond acceptors (Lipinski definition) is 6. The second-order valence-corrected chi connectivity index (χ2v) is 7.40. The van der Waals surface area contributed by atoms with Gasteiger partial charge >= 0.3 is 0 Å². The number of anilines is 2.